The van der Waals surface area contributed by atoms with Crippen molar-refractivity contribution < 1.29 is 13.5 Å². The lowest BCUT2D eigenvalue weighted by Crippen LogP contribution is -2.37. The molecule has 0 spiro atoms. The second kappa shape index (κ2) is 6.33. The highest BCUT2D eigenvalue weighted by molar-refractivity contribution is 6.19. The van der Waals surface area contributed by atoms with Crippen molar-refractivity contribution in [2.45, 2.75) is 20.5 Å². The van der Waals surface area contributed by atoms with Gasteiger partial charge in [-0.1, -0.05) is 6.07 Å². The number of alkyl halides is 2. The summed E-state index contributed by atoms with van der Waals surface area (Å²) in [6.45, 7) is 0.376. The first-order valence-electron chi connectivity index (χ1n) is 6.38. The van der Waals surface area contributed by atoms with Crippen LogP contribution < -0.4 is 15.8 Å². The molecule has 22 heavy (non-hydrogen) atoms. The third-order valence-corrected chi connectivity index (χ3v) is 2.74. The average molecular weight is 307 g/mol. The van der Waals surface area contributed by atoms with Crippen molar-refractivity contribution in [3.05, 3.63) is 41.1 Å². The fourth-order valence-corrected chi connectivity index (χ4v) is 1.92. The zero-order valence-corrected chi connectivity index (χ0v) is 12.0. The van der Waals surface area contributed by atoms with Gasteiger partial charge in [0.05, 0.1) is 5.70 Å². The van der Waals surface area contributed by atoms with E-state index in [1.807, 2.05) is 0 Å². The third-order valence-electron chi connectivity index (χ3n) is 2.74. The summed E-state index contributed by atoms with van der Waals surface area (Å²) in [5.74, 6) is 0.0412. The summed E-state index contributed by atoms with van der Waals surface area (Å²) in [6, 6.07) is 4.84. The van der Waals surface area contributed by atoms with Crippen molar-refractivity contribution in [1.82, 2.24) is 5.32 Å². The lowest BCUT2D eigenvalue weighted by atomic mass is 10.0. The molecular weight excluding hydrogens is 292 g/mol. The van der Waals surface area contributed by atoms with Crippen molar-refractivity contribution in [2.75, 3.05) is 0 Å². The molecule has 1 heterocycles. The van der Waals surface area contributed by atoms with E-state index in [0.29, 0.717) is 11.3 Å². The van der Waals surface area contributed by atoms with E-state index in [9.17, 15) is 8.78 Å². The minimum atomic E-state index is -2.96. The molecule has 0 aliphatic carbocycles. The summed E-state index contributed by atoms with van der Waals surface area (Å²) in [5, 5.41) is 18.0. The summed E-state index contributed by atoms with van der Waals surface area (Å²) in [4.78, 5) is 0. The SMILES string of the molecule is CC(=N)/C=C1\NC(N)=NN=C1c1ccc(C)cc1OC(F)F. The fraction of sp³-hybridized carbons (Fsp3) is 0.214. The maximum atomic E-state index is 12.6. The molecule has 2 rings (SSSR count). The minimum absolute atomic E-state index is 0.0141. The molecule has 8 heteroatoms. The van der Waals surface area contributed by atoms with Gasteiger partial charge in [0.15, 0.2) is 0 Å². The van der Waals surface area contributed by atoms with E-state index in [4.69, 9.17) is 11.1 Å². The van der Waals surface area contributed by atoms with Gasteiger partial charge in [0.1, 0.15) is 11.5 Å². The van der Waals surface area contributed by atoms with Crippen molar-refractivity contribution in [3.8, 4) is 5.75 Å². The van der Waals surface area contributed by atoms with E-state index < -0.39 is 6.61 Å². The van der Waals surface area contributed by atoms with Crippen molar-refractivity contribution in [1.29, 1.82) is 5.41 Å². The molecule has 0 saturated carbocycles. The Morgan fingerprint density at radius 1 is 1.41 bits per heavy atom. The molecule has 0 aromatic heterocycles. The van der Waals surface area contributed by atoms with Gasteiger partial charge in [-0.2, -0.15) is 8.78 Å². The van der Waals surface area contributed by atoms with Crippen LogP contribution in [0.5, 0.6) is 5.75 Å². The highest BCUT2D eigenvalue weighted by Crippen LogP contribution is 2.26. The Morgan fingerprint density at radius 2 is 2.14 bits per heavy atom. The number of halogens is 2. The van der Waals surface area contributed by atoms with Gasteiger partial charge in [-0.3, -0.25) is 0 Å². The summed E-state index contributed by atoms with van der Waals surface area (Å²) in [5.41, 5.74) is 7.56. The number of ether oxygens (including phenoxy) is 1. The van der Waals surface area contributed by atoms with Crippen molar-refractivity contribution in [2.24, 2.45) is 15.9 Å². The number of hydrogen-bond acceptors (Lipinski definition) is 6. The van der Waals surface area contributed by atoms with Crippen LogP contribution in [0.15, 0.2) is 40.2 Å². The zero-order chi connectivity index (χ0) is 16.3. The summed E-state index contributed by atoms with van der Waals surface area (Å²) in [6.07, 6.45) is 1.48. The van der Waals surface area contributed by atoms with Crippen LogP contribution in [-0.4, -0.2) is 24.0 Å². The van der Waals surface area contributed by atoms with E-state index in [1.54, 1.807) is 26.0 Å². The van der Waals surface area contributed by atoms with Gasteiger partial charge in [-0.05, 0) is 37.6 Å². The molecule has 0 fully saturated rings. The molecule has 0 radical (unpaired) electrons. The van der Waals surface area contributed by atoms with Crippen LogP contribution in [0.2, 0.25) is 0 Å². The molecular formula is C14H15F2N5O. The van der Waals surface area contributed by atoms with Crippen LogP contribution in [0.4, 0.5) is 8.78 Å². The molecule has 1 aliphatic heterocycles. The average Bonchev–Trinajstić information content (AvgIpc) is 2.38. The normalized spacial score (nSPS) is 16.1. The fourth-order valence-electron chi connectivity index (χ4n) is 1.92. The van der Waals surface area contributed by atoms with Crippen LogP contribution in [0.25, 0.3) is 0 Å². The Kier molecular flexibility index (Phi) is 4.50. The first kappa shape index (κ1) is 15.6. The summed E-state index contributed by atoms with van der Waals surface area (Å²) < 4.78 is 29.7. The number of allylic oxidation sites excluding steroid dienone is 2. The lowest BCUT2D eigenvalue weighted by Gasteiger charge is -2.18. The number of hydrogen-bond donors (Lipinski definition) is 3. The van der Waals surface area contributed by atoms with Gasteiger partial charge in [-0.25, -0.2) is 0 Å². The van der Waals surface area contributed by atoms with Gasteiger partial charge in [-0.15, -0.1) is 10.2 Å². The maximum absolute atomic E-state index is 12.6. The second-order valence-electron chi connectivity index (χ2n) is 4.68. The third kappa shape index (κ3) is 3.66. The van der Waals surface area contributed by atoms with Crippen LogP contribution in [0.3, 0.4) is 0 Å². The second-order valence-corrected chi connectivity index (χ2v) is 4.68. The number of guanidine groups is 1. The maximum Gasteiger partial charge on any atom is 0.387 e. The monoisotopic (exact) mass is 307 g/mol. The molecule has 1 aromatic rings. The molecule has 1 aromatic carbocycles. The molecule has 0 unspecified atom stereocenters. The molecule has 0 bridgehead atoms. The quantitative estimate of drug-likeness (QED) is 0.744. The molecule has 6 nitrogen and oxygen atoms in total. The molecule has 0 saturated heterocycles. The summed E-state index contributed by atoms with van der Waals surface area (Å²) >= 11 is 0. The van der Waals surface area contributed by atoms with E-state index in [0.717, 1.165) is 5.56 Å². The molecule has 1 aliphatic rings. The Morgan fingerprint density at radius 3 is 2.77 bits per heavy atom. The Balaban J connectivity index is 2.55. The Hall–Kier alpha value is -2.77. The smallest absolute Gasteiger partial charge is 0.387 e. The van der Waals surface area contributed by atoms with Crippen LogP contribution in [0, 0.1) is 12.3 Å². The number of aryl methyl sites for hydroxylation is 1. The van der Waals surface area contributed by atoms with Gasteiger partial charge in [0, 0.05) is 11.3 Å². The molecule has 0 amide bonds. The van der Waals surface area contributed by atoms with E-state index >= 15 is 0 Å². The summed E-state index contributed by atoms with van der Waals surface area (Å²) in [7, 11) is 0. The number of nitrogens with zero attached hydrogens (tertiary/aromatic N) is 2. The molecule has 0 atom stereocenters. The van der Waals surface area contributed by atoms with Crippen LogP contribution in [-0.2, 0) is 0 Å². The van der Waals surface area contributed by atoms with Gasteiger partial charge < -0.3 is 21.2 Å². The Bertz CT molecular complexity index is 694. The molecule has 4 N–H and O–H groups in total. The number of nitrogens with two attached hydrogens (primary N) is 1. The van der Waals surface area contributed by atoms with Crippen LogP contribution >= 0.6 is 0 Å². The first-order chi connectivity index (χ1) is 10.4. The van der Waals surface area contributed by atoms with Crippen molar-refractivity contribution >= 4 is 17.4 Å². The largest absolute Gasteiger partial charge is 0.434 e. The number of benzene rings is 1. The predicted molar refractivity (Wildman–Crippen MR) is 80.6 cm³/mol. The van der Waals surface area contributed by atoms with E-state index in [1.165, 1.54) is 12.1 Å². The lowest BCUT2D eigenvalue weighted by molar-refractivity contribution is -0.0499. The zero-order valence-electron chi connectivity index (χ0n) is 12.0. The van der Waals surface area contributed by atoms with E-state index in [2.05, 4.69) is 20.3 Å². The highest BCUT2D eigenvalue weighted by Gasteiger charge is 2.21. The number of nitrogens with one attached hydrogen (secondary N) is 2. The predicted octanol–water partition coefficient (Wildman–Crippen LogP) is 2.14. The Labute approximate surface area is 125 Å². The highest BCUT2D eigenvalue weighted by atomic mass is 19.3. The molecule has 116 valence electrons. The van der Waals surface area contributed by atoms with Gasteiger partial charge in [0.25, 0.3) is 0 Å². The number of rotatable bonds is 4. The van der Waals surface area contributed by atoms with Crippen LogP contribution in [0.1, 0.15) is 18.1 Å². The van der Waals surface area contributed by atoms with E-state index in [-0.39, 0.29) is 23.1 Å². The van der Waals surface area contributed by atoms with Gasteiger partial charge >= 0.3 is 6.61 Å². The minimum Gasteiger partial charge on any atom is -0.434 e. The standard InChI is InChI=1S/C14H15F2N5O/c1-7-3-4-9(11(5-7)22-13(15)16)12-10(6-8(2)17)19-14(18)21-20-12/h3-6,13,17H,1-2H3,(H3,18,19,21)/b10-6-,17-8?. The topological polar surface area (TPSA) is 95.9 Å². The first-order valence-corrected chi connectivity index (χ1v) is 6.38. The van der Waals surface area contributed by atoms with Crippen molar-refractivity contribution in [3.63, 3.8) is 0 Å². The van der Waals surface area contributed by atoms with Gasteiger partial charge in [0.2, 0.25) is 5.96 Å².